The van der Waals surface area contributed by atoms with E-state index >= 15 is 0 Å². The van der Waals surface area contributed by atoms with Crippen molar-refractivity contribution >= 4 is 18.6 Å². The molecule has 0 aliphatic carbocycles. The fourth-order valence-corrected chi connectivity index (χ4v) is 1.85. The average molecular weight is 210 g/mol. The minimum Gasteiger partial charge on any atom is -0.481 e. The summed E-state index contributed by atoms with van der Waals surface area (Å²) >= 11 is 4.10. The lowest BCUT2D eigenvalue weighted by molar-refractivity contribution is -0.143. The van der Waals surface area contributed by atoms with Gasteiger partial charge in [-0.15, -0.1) is 0 Å². The van der Waals surface area contributed by atoms with Crippen molar-refractivity contribution in [3.05, 3.63) is 35.9 Å². The molecular weight excluding hydrogens is 196 g/mol. The normalized spacial score (nSPS) is 14.7. The lowest BCUT2D eigenvalue weighted by atomic mass is 9.80. The van der Waals surface area contributed by atoms with Crippen molar-refractivity contribution in [3.63, 3.8) is 0 Å². The van der Waals surface area contributed by atoms with Gasteiger partial charge in [0.2, 0.25) is 0 Å². The van der Waals surface area contributed by atoms with E-state index in [1.54, 1.807) is 6.92 Å². The predicted octanol–water partition coefficient (Wildman–Crippen LogP) is 2.35. The van der Waals surface area contributed by atoms with Crippen LogP contribution in [-0.4, -0.2) is 16.8 Å². The van der Waals surface area contributed by atoms with E-state index in [0.29, 0.717) is 12.2 Å². The topological polar surface area (TPSA) is 37.3 Å². The molecule has 0 saturated carbocycles. The molecule has 1 rings (SSSR count). The Kier molecular flexibility index (Phi) is 3.58. The first-order chi connectivity index (χ1) is 6.61. The summed E-state index contributed by atoms with van der Waals surface area (Å²) in [5, 5.41) is 9.18. The fourth-order valence-electron chi connectivity index (χ4n) is 1.40. The quantitative estimate of drug-likeness (QED) is 0.748. The Morgan fingerprint density at radius 1 is 1.43 bits per heavy atom. The van der Waals surface area contributed by atoms with Crippen molar-refractivity contribution < 1.29 is 9.90 Å². The monoisotopic (exact) mass is 210 g/mol. The Labute approximate surface area is 89.4 Å². The molecule has 0 fully saturated rings. The van der Waals surface area contributed by atoms with Gasteiger partial charge in [-0.05, 0) is 24.7 Å². The predicted molar refractivity (Wildman–Crippen MR) is 59.9 cm³/mol. The standard InChI is InChI=1S/C11H14O2S/c1-11(7-8-14,10(12)13)9-5-3-2-4-6-9/h2-6,14H,7-8H2,1H3,(H,12,13). The Hall–Kier alpha value is -0.960. The van der Waals surface area contributed by atoms with Gasteiger partial charge < -0.3 is 5.11 Å². The van der Waals surface area contributed by atoms with Crippen LogP contribution in [0.15, 0.2) is 30.3 Å². The van der Waals surface area contributed by atoms with E-state index in [9.17, 15) is 9.90 Å². The first-order valence-corrected chi connectivity index (χ1v) is 5.14. The number of aliphatic carboxylic acids is 1. The number of carboxylic acids is 1. The molecule has 1 aromatic carbocycles. The van der Waals surface area contributed by atoms with Gasteiger partial charge in [0.25, 0.3) is 0 Å². The van der Waals surface area contributed by atoms with Crippen molar-refractivity contribution in [1.29, 1.82) is 0 Å². The van der Waals surface area contributed by atoms with Crippen LogP contribution in [0.25, 0.3) is 0 Å². The third kappa shape index (κ3) is 2.10. The lowest BCUT2D eigenvalue weighted by Crippen LogP contribution is -2.32. The molecule has 3 heteroatoms. The van der Waals surface area contributed by atoms with E-state index in [2.05, 4.69) is 12.6 Å². The van der Waals surface area contributed by atoms with Gasteiger partial charge in [0.1, 0.15) is 0 Å². The van der Waals surface area contributed by atoms with Crippen LogP contribution in [0, 0.1) is 0 Å². The highest BCUT2D eigenvalue weighted by Gasteiger charge is 2.33. The molecule has 1 unspecified atom stereocenters. The molecule has 14 heavy (non-hydrogen) atoms. The van der Waals surface area contributed by atoms with Crippen LogP contribution in [0.1, 0.15) is 18.9 Å². The SMILES string of the molecule is CC(CCS)(C(=O)O)c1ccccc1. The van der Waals surface area contributed by atoms with Crippen LogP contribution in [0.3, 0.4) is 0 Å². The van der Waals surface area contributed by atoms with E-state index in [1.165, 1.54) is 0 Å². The van der Waals surface area contributed by atoms with E-state index in [0.717, 1.165) is 5.56 Å². The molecule has 0 bridgehead atoms. The molecule has 0 aliphatic heterocycles. The zero-order chi connectivity index (χ0) is 10.6. The zero-order valence-electron chi connectivity index (χ0n) is 8.10. The summed E-state index contributed by atoms with van der Waals surface area (Å²) in [5.74, 6) is -0.227. The molecule has 0 saturated heterocycles. The van der Waals surface area contributed by atoms with Gasteiger partial charge in [-0.1, -0.05) is 30.3 Å². The summed E-state index contributed by atoms with van der Waals surface area (Å²) in [5.41, 5.74) is 0.0183. The van der Waals surface area contributed by atoms with E-state index in [4.69, 9.17) is 0 Å². The van der Waals surface area contributed by atoms with Crippen LogP contribution in [-0.2, 0) is 10.2 Å². The van der Waals surface area contributed by atoms with Gasteiger partial charge >= 0.3 is 5.97 Å². The van der Waals surface area contributed by atoms with E-state index in [-0.39, 0.29) is 0 Å². The summed E-state index contributed by atoms with van der Waals surface area (Å²) in [6, 6.07) is 9.28. The average Bonchev–Trinajstić information content (AvgIpc) is 2.19. The van der Waals surface area contributed by atoms with Crippen molar-refractivity contribution in [3.8, 4) is 0 Å². The minimum atomic E-state index is -0.816. The Bertz CT molecular complexity index is 310. The van der Waals surface area contributed by atoms with Crippen molar-refractivity contribution in [2.75, 3.05) is 5.75 Å². The molecule has 2 nitrogen and oxygen atoms in total. The maximum absolute atomic E-state index is 11.2. The third-order valence-corrected chi connectivity index (χ3v) is 2.72. The minimum absolute atomic E-state index is 0.537. The highest BCUT2D eigenvalue weighted by atomic mass is 32.1. The second kappa shape index (κ2) is 4.51. The van der Waals surface area contributed by atoms with Gasteiger partial charge in [-0.25, -0.2) is 0 Å². The molecule has 76 valence electrons. The maximum Gasteiger partial charge on any atom is 0.313 e. The summed E-state index contributed by atoms with van der Waals surface area (Å²) in [7, 11) is 0. The second-order valence-electron chi connectivity index (χ2n) is 3.48. The van der Waals surface area contributed by atoms with Crippen molar-refractivity contribution in [2.45, 2.75) is 18.8 Å². The number of rotatable bonds is 4. The van der Waals surface area contributed by atoms with Gasteiger partial charge in [0, 0.05) is 0 Å². The first-order valence-electron chi connectivity index (χ1n) is 4.51. The molecule has 1 aromatic rings. The van der Waals surface area contributed by atoms with Crippen LogP contribution < -0.4 is 0 Å². The number of hydrogen-bond donors (Lipinski definition) is 2. The zero-order valence-corrected chi connectivity index (χ0v) is 9.00. The summed E-state index contributed by atoms with van der Waals surface area (Å²) in [4.78, 5) is 11.2. The van der Waals surface area contributed by atoms with Crippen LogP contribution in [0.5, 0.6) is 0 Å². The molecule has 0 aromatic heterocycles. The Morgan fingerprint density at radius 3 is 2.43 bits per heavy atom. The largest absolute Gasteiger partial charge is 0.481 e. The molecule has 0 amide bonds. The molecule has 0 aliphatic rings. The number of hydrogen-bond acceptors (Lipinski definition) is 2. The highest BCUT2D eigenvalue weighted by molar-refractivity contribution is 7.80. The molecule has 0 heterocycles. The highest BCUT2D eigenvalue weighted by Crippen LogP contribution is 2.28. The van der Waals surface area contributed by atoms with Crippen molar-refractivity contribution in [2.24, 2.45) is 0 Å². The van der Waals surface area contributed by atoms with Gasteiger partial charge in [-0.3, -0.25) is 4.79 Å². The lowest BCUT2D eigenvalue weighted by Gasteiger charge is -2.24. The van der Waals surface area contributed by atoms with Gasteiger partial charge in [0.05, 0.1) is 5.41 Å². The molecule has 1 N–H and O–H groups in total. The molecular formula is C11H14O2S. The molecule has 0 radical (unpaired) electrons. The summed E-state index contributed by atoms with van der Waals surface area (Å²) < 4.78 is 0. The first kappa shape index (κ1) is 11.1. The van der Waals surface area contributed by atoms with Crippen LogP contribution in [0.4, 0.5) is 0 Å². The van der Waals surface area contributed by atoms with Crippen molar-refractivity contribution in [1.82, 2.24) is 0 Å². The smallest absolute Gasteiger partial charge is 0.313 e. The number of carbonyl (C=O) groups is 1. The summed E-state index contributed by atoms with van der Waals surface area (Å²) in [6.07, 6.45) is 0.537. The number of benzene rings is 1. The maximum atomic E-state index is 11.2. The number of thiol groups is 1. The number of carboxylic acid groups (broad SMARTS) is 1. The molecule has 1 atom stereocenters. The Balaban J connectivity index is 3.06. The van der Waals surface area contributed by atoms with Crippen LogP contribution in [0.2, 0.25) is 0 Å². The fraction of sp³-hybridized carbons (Fsp3) is 0.364. The van der Waals surface area contributed by atoms with E-state index < -0.39 is 11.4 Å². The van der Waals surface area contributed by atoms with Gasteiger partial charge in [-0.2, -0.15) is 12.6 Å². The molecule has 0 spiro atoms. The second-order valence-corrected chi connectivity index (χ2v) is 3.92. The summed E-state index contributed by atoms with van der Waals surface area (Å²) in [6.45, 7) is 1.74. The Morgan fingerprint density at radius 2 is 2.00 bits per heavy atom. The van der Waals surface area contributed by atoms with E-state index in [1.807, 2.05) is 30.3 Å². The third-order valence-electron chi connectivity index (χ3n) is 2.49. The van der Waals surface area contributed by atoms with Gasteiger partial charge in [0.15, 0.2) is 0 Å². The van der Waals surface area contributed by atoms with Crippen LogP contribution >= 0.6 is 12.6 Å².